The van der Waals surface area contributed by atoms with Gasteiger partial charge in [0.2, 0.25) is 0 Å². The molecule has 1 saturated heterocycles. The lowest BCUT2D eigenvalue weighted by atomic mass is 9.90. The minimum atomic E-state index is -0.883. The lowest BCUT2D eigenvalue weighted by molar-refractivity contribution is -0.136. The number of likely N-dealkylation sites (tertiary alicyclic amines) is 1. The van der Waals surface area contributed by atoms with Gasteiger partial charge in [-0.3, -0.25) is 4.79 Å². The van der Waals surface area contributed by atoms with Crippen molar-refractivity contribution in [2.24, 2.45) is 11.8 Å². The van der Waals surface area contributed by atoms with Gasteiger partial charge in [0.25, 0.3) is 0 Å². The number of nitrogens with one attached hydrogen (secondary N) is 1. The number of rotatable bonds is 5. The molecule has 2 N–H and O–H groups in total. The van der Waals surface area contributed by atoms with E-state index < -0.39 is 5.97 Å². The Morgan fingerprint density at radius 2 is 2.17 bits per heavy atom. The van der Waals surface area contributed by atoms with Crippen LogP contribution < -0.4 is 5.32 Å². The predicted molar refractivity (Wildman–Crippen MR) is 69.4 cm³/mol. The Hall–Kier alpha value is -1.26. The molecule has 0 aromatic heterocycles. The van der Waals surface area contributed by atoms with Gasteiger partial charge in [-0.1, -0.05) is 13.8 Å². The number of piperidine rings is 1. The molecule has 1 aliphatic heterocycles. The second-order valence-electron chi connectivity index (χ2n) is 5.46. The number of aliphatic carboxylic acids is 1. The molecule has 1 aliphatic rings. The van der Waals surface area contributed by atoms with Crippen LogP contribution in [0.3, 0.4) is 0 Å². The normalized spacial score (nSPS) is 19.9. The summed E-state index contributed by atoms with van der Waals surface area (Å²) < 4.78 is 0. The van der Waals surface area contributed by atoms with Crippen molar-refractivity contribution in [3.05, 3.63) is 0 Å². The molecule has 1 unspecified atom stereocenters. The first-order valence-electron chi connectivity index (χ1n) is 6.73. The average Bonchev–Trinajstić information content (AvgIpc) is 2.27. The van der Waals surface area contributed by atoms with Crippen LogP contribution in [0.4, 0.5) is 4.79 Å². The van der Waals surface area contributed by atoms with Crippen LogP contribution in [-0.4, -0.2) is 41.6 Å². The highest BCUT2D eigenvalue weighted by Crippen LogP contribution is 2.22. The summed E-state index contributed by atoms with van der Waals surface area (Å²) in [6, 6.07) is -0.121. The first-order chi connectivity index (χ1) is 8.49. The van der Waals surface area contributed by atoms with E-state index in [0.29, 0.717) is 11.8 Å². The van der Waals surface area contributed by atoms with Gasteiger partial charge in [-0.2, -0.15) is 0 Å². The molecule has 1 rings (SSSR count). The van der Waals surface area contributed by atoms with Crippen LogP contribution in [0.5, 0.6) is 0 Å². The third kappa shape index (κ3) is 5.38. The molecule has 1 heterocycles. The van der Waals surface area contributed by atoms with Crippen LogP contribution in [0.25, 0.3) is 0 Å². The van der Waals surface area contributed by atoms with Crippen LogP contribution in [0.1, 0.15) is 39.5 Å². The molecule has 0 saturated carbocycles. The van der Waals surface area contributed by atoms with E-state index in [4.69, 9.17) is 5.11 Å². The second kappa shape index (κ2) is 7.24. The fraction of sp³-hybridized carbons (Fsp3) is 0.846. The van der Waals surface area contributed by atoms with Crippen LogP contribution in [0.2, 0.25) is 0 Å². The van der Waals surface area contributed by atoms with Gasteiger partial charge in [-0.05, 0) is 31.1 Å². The van der Waals surface area contributed by atoms with Gasteiger partial charge in [0.15, 0.2) is 0 Å². The lowest BCUT2D eigenvalue weighted by Gasteiger charge is -2.33. The monoisotopic (exact) mass is 256 g/mol. The number of urea groups is 1. The van der Waals surface area contributed by atoms with Gasteiger partial charge in [-0.25, -0.2) is 4.79 Å². The standard InChI is InChI=1S/C13H24N2O3/c1-10(2)8-11-4-3-7-15(9-11)13(18)14-6-5-12(16)17/h10-11H,3-9H2,1-2H3,(H,14,18)(H,16,17). The SMILES string of the molecule is CC(C)CC1CCCN(C(=O)NCCC(=O)O)C1. The number of carboxylic acids is 1. The van der Waals surface area contributed by atoms with E-state index >= 15 is 0 Å². The Balaban J connectivity index is 2.31. The fourth-order valence-corrected chi connectivity index (χ4v) is 2.50. The molecule has 0 spiro atoms. The van der Waals surface area contributed by atoms with Gasteiger partial charge in [0.1, 0.15) is 0 Å². The molecular formula is C13H24N2O3. The van der Waals surface area contributed by atoms with Gasteiger partial charge in [0.05, 0.1) is 6.42 Å². The second-order valence-corrected chi connectivity index (χ2v) is 5.46. The third-order valence-electron chi connectivity index (χ3n) is 3.23. The Morgan fingerprint density at radius 1 is 1.44 bits per heavy atom. The van der Waals surface area contributed by atoms with E-state index in [-0.39, 0.29) is 19.0 Å². The zero-order chi connectivity index (χ0) is 13.5. The van der Waals surface area contributed by atoms with E-state index in [9.17, 15) is 9.59 Å². The maximum Gasteiger partial charge on any atom is 0.317 e. The summed E-state index contributed by atoms with van der Waals surface area (Å²) in [7, 11) is 0. The van der Waals surface area contributed by atoms with Gasteiger partial charge >= 0.3 is 12.0 Å². The molecule has 104 valence electrons. The van der Waals surface area contributed by atoms with Crippen molar-refractivity contribution in [2.75, 3.05) is 19.6 Å². The molecule has 1 fully saturated rings. The maximum absolute atomic E-state index is 11.8. The van der Waals surface area contributed by atoms with Crippen molar-refractivity contribution in [2.45, 2.75) is 39.5 Å². The van der Waals surface area contributed by atoms with E-state index in [0.717, 1.165) is 25.9 Å². The molecule has 0 aromatic carbocycles. The van der Waals surface area contributed by atoms with E-state index in [2.05, 4.69) is 19.2 Å². The summed E-state index contributed by atoms with van der Waals surface area (Å²) in [5, 5.41) is 11.2. The zero-order valence-corrected chi connectivity index (χ0v) is 11.3. The number of hydrogen-bond acceptors (Lipinski definition) is 2. The molecule has 0 bridgehead atoms. The highest BCUT2D eigenvalue weighted by atomic mass is 16.4. The highest BCUT2D eigenvalue weighted by molar-refractivity contribution is 5.75. The Bertz CT molecular complexity index is 292. The summed E-state index contributed by atoms with van der Waals surface area (Å²) in [5.74, 6) is 0.362. The summed E-state index contributed by atoms with van der Waals surface area (Å²) in [4.78, 5) is 24.0. The maximum atomic E-state index is 11.8. The number of carbonyl (C=O) groups excluding carboxylic acids is 1. The lowest BCUT2D eigenvalue weighted by Crippen LogP contribution is -2.46. The topological polar surface area (TPSA) is 69.6 Å². The number of amides is 2. The third-order valence-corrected chi connectivity index (χ3v) is 3.23. The molecule has 5 heteroatoms. The Kier molecular flexibility index (Phi) is 5.95. The van der Waals surface area contributed by atoms with Crippen molar-refractivity contribution in [3.63, 3.8) is 0 Å². The average molecular weight is 256 g/mol. The summed E-state index contributed by atoms with van der Waals surface area (Å²) in [6.07, 6.45) is 3.37. The molecule has 2 amide bonds. The van der Waals surface area contributed by atoms with Crippen LogP contribution in [0, 0.1) is 11.8 Å². The number of carbonyl (C=O) groups is 2. The molecular weight excluding hydrogens is 232 g/mol. The Labute approximate surface area is 109 Å². The van der Waals surface area contributed by atoms with E-state index in [1.807, 2.05) is 4.90 Å². The first kappa shape index (κ1) is 14.8. The Morgan fingerprint density at radius 3 is 2.78 bits per heavy atom. The molecule has 0 radical (unpaired) electrons. The highest BCUT2D eigenvalue weighted by Gasteiger charge is 2.23. The first-order valence-corrected chi connectivity index (χ1v) is 6.73. The summed E-state index contributed by atoms with van der Waals surface area (Å²) in [5.41, 5.74) is 0. The van der Waals surface area contributed by atoms with Crippen molar-refractivity contribution < 1.29 is 14.7 Å². The van der Waals surface area contributed by atoms with Crippen molar-refractivity contribution in [1.29, 1.82) is 0 Å². The molecule has 1 atom stereocenters. The minimum absolute atomic E-state index is 0.0188. The van der Waals surface area contributed by atoms with E-state index in [1.165, 1.54) is 6.42 Å². The van der Waals surface area contributed by atoms with Crippen molar-refractivity contribution >= 4 is 12.0 Å². The zero-order valence-electron chi connectivity index (χ0n) is 11.3. The van der Waals surface area contributed by atoms with Gasteiger partial charge in [-0.15, -0.1) is 0 Å². The molecule has 0 aliphatic carbocycles. The van der Waals surface area contributed by atoms with Gasteiger partial charge < -0.3 is 15.3 Å². The molecule has 0 aromatic rings. The largest absolute Gasteiger partial charge is 0.481 e. The molecule has 5 nitrogen and oxygen atoms in total. The van der Waals surface area contributed by atoms with E-state index in [1.54, 1.807) is 0 Å². The fourth-order valence-electron chi connectivity index (χ4n) is 2.50. The number of carboxylic acid groups (broad SMARTS) is 1. The quantitative estimate of drug-likeness (QED) is 0.789. The summed E-state index contributed by atoms with van der Waals surface area (Å²) in [6.45, 7) is 6.20. The van der Waals surface area contributed by atoms with Crippen LogP contribution in [0.15, 0.2) is 0 Å². The van der Waals surface area contributed by atoms with Crippen LogP contribution >= 0.6 is 0 Å². The summed E-state index contributed by atoms with van der Waals surface area (Å²) >= 11 is 0. The van der Waals surface area contributed by atoms with Crippen molar-refractivity contribution in [1.82, 2.24) is 10.2 Å². The smallest absolute Gasteiger partial charge is 0.317 e. The minimum Gasteiger partial charge on any atom is -0.481 e. The van der Waals surface area contributed by atoms with Crippen LogP contribution in [-0.2, 0) is 4.79 Å². The van der Waals surface area contributed by atoms with Gasteiger partial charge in [0, 0.05) is 19.6 Å². The number of nitrogens with zero attached hydrogens (tertiary/aromatic N) is 1. The predicted octanol–water partition coefficient (Wildman–Crippen LogP) is 1.93. The molecule has 18 heavy (non-hydrogen) atoms. The van der Waals surface area contributed by atoms with Crippen molar-refractivity contribution in [3.8, 4) is 0 Å². The number of hydrogen-bond donors (Lipinski definition) is 2.